The lowest BCUT2D eigenvalue weighted by Crippen LogP contribution is -2.41. The van der Waals surface area contributed by atoms with E-state index in [1.54, 1.807) is 13.2 Å². The summed E-state index contributed by atoms with van der Waals surface area (Å²) in [5, 5.41) is 19.0. The lowest BCUT2D eigenvalue weighted by molar-refractivity contribution is 0.00578. The average molecular weight is 320 g/mol. The molecule has 1 fully saturated rings. The summed E-state index contributed by atoms with van der Waals surface area (Å²) >= 11 is 0. The van der Waals surface area contributed by atoms with Gasteiger partial charge in [-0.3, -0.25) is 0 Å². The second-order valence-electron chi connectivity index (χ2n) is 6.70. The summed E-state index contributed by atoms with van der Waals surface area (Å²) in [6, 6.07) is 5.46. The number of hydrogen-bond acceptors (Lipinski definition) is 5. The number of methoxy groups -OCH3 is 1. The van der Waals surface area contributed by atoms with Gasteiger partial charge in [0, 0.05) is 5.56 Å². The van der Waals surface area contributed by atoms with E-state index in [9.17, 15) is 10.2 Å². The molecule has 0 radical (unpaired) electrons. The van der Waals surface area contributed by atoms with Gasteiger partial charge in [0.15, 0.2) is 0 Å². The van der Waals surface area contributed by atoms with Crippen molar-refractivity contribution in [3.8, 4) is 5.75 Å². The van der Waals surface area contributed by atoms with E-state index in [2.05, 4.69) is 0 Å². The van der Waals surface area contributed by atoms with Crippen LogP contribution in [-0.4, -0.2) is 42.3 Å². The van der Waals surface area contributed by atoms with Crippen molar-refractivity contribution in [2.75, 3.05) is 13.7 Å². The van der Waals surface area contributed by atoms with E-state index in [-0.39, 0.29) is 13.2 Å². The van der Waals surface area contributed by atoms with E-state index in [1.165, 1.54) is 0 Å². The average Bonchev–Trinajstić information content (AvgIpc) is 2.72. The van der Waals surface area contributed by atoms with Crippen molar-refractivity contribution >= 4 is 13.2 Å². The molecule has 23 heavy (non-hydrogen) atoms. The quantitative estimate of drug-likeness (QED) is 0.814. The molecule has 0 saturated carbocycles. The zero-order valence-electron chi connectivity index (χ0n) is 14.4. The summed E-state index contributed by atoms with van der Waals surface area (Å²) in [5.41, 5.74) is 1.29. The first-order chi connectivity index (χ1) is 10.7. The smallest absolute Gasteiger partial charge is 0.492 e. The van der Waals surface area contributed by atoms with Gasteiger partial charge in [-0.1, -0.05) is 18.2 Å². The van der Waals surface area contributed by atoms with Gasteiger partial charge in [-0.25, -0.2) is 0 Å². The summed E-state index contributed by atoms with van der Waals surface area (Å²) in [6.45, 7) is 7.64. The van der Waals surface area contributed by atoms with E-state index in [0.717, 1.165) is 5.56 Å². The van der Waals surface area contributed by atoms with Crippen LogP contribution in [0.3, 0.4) is 0 Å². The number of aliphatic hydroxyl groups is 2. The molecule has 126 valence electrons. The van der Waals surface area contributed by atoms with Gasteiger partial charge >= 0.3 is 7.12 Å². The van der Waals surface area contributed by atoms with Crippen LogP contribution in [0.15, 0.2) is 23.7 Å². The van der Waals surface area contributed by atoms with Crippen molar-refractivity contribution < 1.29 is 24.3 Å². The topological polar surface area (TPSA) is 68.2 Å². The Morgan fingerprint density at radius 1 is 1.17 bits per heavy atom. The van der Waals surface area contributed by atoms with Gasteiger partial charge < -0.3 is 24.3 Å². The summed E-state index contributed by atoms with van der Waals surface area (Å²) < 4.78 is 17.2. The minimum Gasteiger partial charge on any atom is -0.496 e. The number of ether oxygens (including phenoxy) is 1. The van der Waals surface area contributed by atoms with E-state index in [0.29, 0.717) is 16.8 Å². The highest BCUT2D eigenvalue weighted by atomic mass is 16.7. The van der Waals surface area contributed by atoms with E-state index < -0.39 is 18.3 Å². The third kappa shape index (κ3) is 3.61. The molecule has 1 aliphatic heterocycles. The number of hydrogen-bond donors (Lipinski definition) is 2. The van der Waals surface area contributed by atoms with Gasteiger partial charge in [-0.2, -0.15) is 0 Å². The van der Waals surface area contributed by atoms with Gasteiger partial charge in [0.1, 0.15) is 5.75 Å². The molecule has 2 rings (SSSR count). The maximum absolute atomic E-state index is 9.72. The summed E-state index contributed by atoms with van der Waals surface area (Å²) in [4.78, 5) is 0. The molecule has 1 aromatic rings. The highest BCUT2D eigenvalue weighted by molar-refractivity contribution is 6.55. The second kappa shape index (κ2) is 6.65. The van der Waals surface area contributed by atoms with Gasteiger partial charge in [0.05, 0.1) is 31.5 Å². The number of rotatable bonds is 5. The summed E-state index contributed by atoms with van der Waals surface area (Å²) in [5.74, 6) is 0.604. The molecule has 0 unspecified atom stereocenters. The maximum atomic E-state index is 9.72. The van der Waals surface area contributed by atoms with Gasteiger partial charge in [-0.05, 0) is 44.8 Å². The minimum atomic E-state index is -0.589. The Labute approximate surface area is 138 Å². The molecular formula is C17H25BO5. The standard InChI is InChI=1S/C17H25BO5/c1-16(2)17(3,4)23-18(22-16)14(11-20)8-12-6-7-13(10-19)15(9-12)21-5/h6-9,19-20H,10-11H2,1-5H3. The Bertz CT molecular complexity index is 579. The van der Waals surface area contributed by atoms with Crippen molar-refractivity contribution in [1.29, 1.82) is 0 Å². The number of aliphatic hydroxyl groups excluding tert-OH is 2. The van der Waals surface area contributed by atoms with Crippen molar-refractivity contribution in [2.24, 2.45) is 0 Å². The van der Waals surface area contributed by atoms with E-state index in [1.807, 2.05) is 45.9 Å². The molecule has 0 spiro atoms. The predicted molar refractivity (Wildman–Crippen MR) is 90.1 cm³/mol. The first-order valence-electron chi connectivity index (χ1n) is 7.69. The maximum Gasteiger partial charge on any atom is 0.492 e. The lowest BCUT2D eigenvalue weighted by Gasteiger charge is -2.32. The minimum absolute atomic E-state index is 0.0861. The molecule has 0 aliphatic carbocycles. The molecule has 6 heteroatoms. The molecule has 1 aliphatic rings. The van der Waals surface area contributed by atoms with E-state index in [4.69, 9.17) is 14.0 Å². The van der Waals surface area contributed by atoms with Gasteiger partial charge in [-0.15, -0.1) is 0 Å². The zero-order chi connectivity index (χ0) is 17.3. The first-order valence-corrected chi connectivity index (χ1v) is 7.69. The Balaban J connectivity index is 2.30. The third-order valence-corrected chi connectivity index (χ3v) is 4.57. The molecule has 2 N–H and O–H groups in total. The molecule has 0 aromatic heterocycles. The molecule has 0 amide bonds. The summed E-state index contributed by atoms with van der Waals surface area (Å²) in [6.07, 6.45) is 1.83. The van der Waals surface area contributed by atoms with Crippen molar-refractivity contribution in [3.05, 3.63) is 34.8 Å². The van der Waals surface area contributed by atoms with Crippen LogP contribution >= 0.6 is 0 Å². The Morgan fingerprint density at radius 2 is 1.78 bits per heavy atom. The fourth-order valence-corrected chi connectivity index (χ4v) is 2.38. The van der Waals surface area contributed by atoms with Gasteiger partial charge in [0.2, 0.25) is 0 Å². The van der Waals surface area contributed by atoms with Gasteiger partial charge in [0.25, 0.3) is 0 Å². The van der Waals surface area contributed by atoms with Crippen molar-refractivity contribution in [3.63, 3.8) is 0 Å². The largest absolute Gasteiger partial charge is 0.496 e. The summed E-state index contributed by atoms with van der Waals surface area (Å²) in [7, 11) is 0.969. The molecule has 5 nitrogen and oxygen atoms in total. The van der Waals surface area contributed by atoms with Crippen LogP contribution in [0, 0.1) is 0 Å². The fourth-order valence-electron chi connectivity index (χ4n) is 2.38. The van der Waals surface area contributed by atoms with Crippen LogP contribution in [-0.2, 0) is 15.9 Å². The molecule has 1 saturated heterocycles. The Hall–Kier alpha value is -1.34. The Kier molecular flexibility index (Phi) is 5.21. The zero-order valence-corrected chi connectivity index (χ0v) is 14.4. The van der Waals surface area contributed by atoms with Crippen LogP contribution in [0.2, 0.25) is 0 Å². The lowest BCUT2D eigenvalue weighted by atomic mass is 9.77. The Morgan fingerprint density at radius 3 is 2.26 bits per heavy atom. The molecular weight excluding hydrogens is 295 g/mol. The van der Waals surface area contributed by atoms with E-state index >= 15 is 0 Å². The monoisotopic (exact) mass is 320 g/mol. The normalized spacial score (nSPS) is 20.0. The van der Waals surface area contributed by atoms with Crippen LogP contribution in [0.4, 0.5) is 0 Å². The number of benzene rings is 1. The van der Waals surface area contributed by atoms with Crippen LogP contribution in [0.1, 0.15) is 38.8 Å². The first kappa shape index (κ1) is 18.0. The molecule has 1 heterocycles. The SMILES string of the molecule is COc1cc(C=C(CO)B2OC(C)(C)C(C)(C)O2)ccc1CO. The van der Waals surface area contributed by atoms with Crippen LogP contribution in [0.25, 0.3) is 6.08 Å². The highest BCUT2D eigenvalue weighted by Gasteiger charge is 2.52. The predicted octanol–water partition coefficient (Wildman–Crippen LogP) is 2.19. The molecule has 1 aromatic carbocycles. The molecule has 0 bridgehead atoms. The van der Waals surface area contributed by atoms with Crippen LogP contribution in [0.5, 0.6) is 5.75 Å². The second-order valence-corrected chi connectivity index (χ2v) is 6.70. The third-order valence-electron chi connectivity index (χ3n) is 4.57. The molecule has 0 atom stereocenters. The fraction of sp³-hybridized carbons (Fsp3) is 0.529. The van der Waals surface area contributed by atoms with Crippen molar-refractivity contribution in [2.45, 2.75) is 45.5 Å². The highest BCUT2D eigenvalue weighted by Crippen LogP contribution is 2.38. The van der Waals surface area contributed by atoms with Crippen LogP contribution < -0.4 is 4.74 Å². The van der Waals surface area contributed by atoms with Crippen molar-refractivity contribution in [1.82, 2.24) is 0 Å².